The van der Waals surface area contributed by atoms with E-state index in [-0.39, 0.29) is 0 Å². The second-order valence-electron chi connectivity index (χ2n) is 2.25. The van der Waals surface area contributed by atoms with Gasteiger partial charge in [-0.2, -0.15) is 0 Å². The summed E-state index contributed by atoms with van der Waals surface area (Å²) in [5, 5.41) is 0. The van der Waals surface area contributed by atoms with Crippen LogP contribution in [0.2, 0.25) is 0 Å². The van der Waals surface area contributed by atoms with Gasteiger partial charge in [-0.3, -0.25) is 0 Å². The van der Waals surface area contributed by atoms with Crippen LogP contribution in [0.5, 0.6) is 0 Å². The van der Waals surface area contributed by atoms with Crippen LogP contribution in [0.15, 0.2) is 29.2 Å². The zero-order chi connectivity index (χ0) is 8.27. The molecule has 0 aliphatic heterocycles. The van der Waals surface area contributed by atoms with Crippen molar-refractivity contribution < 1.29 is 8.76 Å². The zero-order valence-electron chi connectivity index (χ0n) is 6.28. The Kier molecular flexibility index (Phi) is 2.79. The van der Waals surface area contributed by atoms with Crippen molar-refractivity contribution in [2.24, 2.45) is 0 Å². The maximum Gasteiger partial charge on any atom is 0.186 e. The van der Waals surface area contributed by atoms with Gasteiger partial charge in [-0.05, 0) is 24.1 Å². The van der Waals surface area contributed by atoms with Crippen molar-refractivity contribution in [2.45, 2.75) is 18.2 Å². The molecular weight excluding hydrogens is 160 g/mol. The average molecular weight is 170 g/mol. The van der Waals surface area contributed by atoms with Crippen molar-refractivity contribution in [3.05, 3.63) is 29.8 Å². The Morgan fingerprint density at radius 2 is 1.91 bits per heavy atom. The lowest BCUT2D eigenvalue weighted by atomic mass is 10.2. The lowest BCUT2D eigenvalue weighted by molar-refractivity contribution is 0.564. The Labute approximate surface area is 68.5 Å². The minimum atomic E-state index is -1.84. The van der Waals surface area contributed by atoms with E-state index in [0.717, 1.165) is 6.42 Å². The first-order valence-electron chi connectivity index (χ1n) is 3.44. The highest BCUT2D eigenvalue weighted by Crippen LogP contribution is 2.07. The van der Waals surface area contributed by atoms with E-state index in [1.165, 1.54) is 5.56 Å². The summed E-state index contributed by atoms with van der Waals surface area (Å²) in [4.78, 5) is 0.460. The van der Waals surface area contributed by atoms with E-state index in [1.807, 2.05) is 19.1 Å². The highest BCUT2D eigenvalue weighted by molar-refractivity contribution is 7.79. The minimum Gasteiger partial charge on any atom is -0.302 e. The maximum absolute atomic E-state index is 10.5. The van der Waals surface area contributed by atoms with E-state index in [2.05, 4.69) is 0 Å². The molecule has 60 valence electrons. The number of hydrogen-bond acceptors (Lipinski definition) is 1. The van der Waals surface area contributed by atoms with Crippen molar-refractivity contribution in [3.8, 4) is 0 Å². The van der Waals surface area contributed by atoms with E-state index < -0.39 is 11.1 Å². The van der Waals surface area contributed by atoms with Crippen molar-refractivity contribution in [2.75, 3.05) is 0 Å². The van der Waals surface area contributed by atoms with Crippen LogP contribution < -0.4 is 0 Å². The van der Waals surface area contributed by atoms with Crippen molar-refractivity contribution in [3.63, 3.8) is 0 Å². The summed E-state index contributed by atoms with van der Waals surface area (Å²) in [6.07, 6.45) is 0.957. The Morgan fingerprint density at radius 1 is 1.36 bits per heavy atom. The highest BCUT2D eigenvalue weighted by atomic mass is 32.2. The number of benzene rings is 1. The molecule has 0 bridgehead atoms. The van der Waals surface area contributed by atoms with Crippen LogP contribution in [0.4, 0.5) is 0 Å². The summed E-state index contributed by atoms with van der Waals surface area (Å²) >= 11 is -1.84. The lowest BCUT2D eigenvalue weighted by Crippen LogP contribution is -1.88. The third-order valence-electron chi connectivity index (χ3n) is 1.53. The van der Waals surface area contributed by atoms with Gasteiger partial charge in [-0.15, -0.1) is 0 Å². The zero-order valence-corrected chi connectivity index (χ0v) is 7.10. The Balaban J connectivity index is 2.91. The quantitative estimate of drug-likeness (QED) is 0.687. The Hall–Kier alpha value is -0.670. The lowest BCUT2D eigenvalue weighted by Gasteiger charge is -1.96. The first kappa shape index (κ1) is 8.43. The van der Waals surface area contributed by atoms with Crippen LogP contribution in [-0.4, -0.2) is 8.76 Å². The smallest absolute Gasteiger partial charge is 0.186 e. The molecule has 1 atom stereocenters. The molecule has 2 nitrogen and oxygen atoms in total. The molecule has 1 aromatic rings. The normalized spacial score (nSPS) is 12.9. The maximum atomic E-state index is 10.5. The number of rotatable bonds is 2. The molecule has 1 aromatic carbocycles. The van der Waals surface area contributed by atoms with Gasteiger partial charge in [0.15, 0.2) is 11.1 Å². The number of aryl methyl sites for hydroxylation is 1. The largest absolute Gasteiger partial charge is 0.302 e. The third kappa shape index (κ3) is 2.13. The fourth-order valence-electron chi connectivity index (χ4n) is 0.842. The minimum absolute atomic E-state index is 0.460. The number of hydrogen-bond donors (Lipinski definition) is 1. The molecule has 1 N–H and O–H groups in total. The van der Waals surface area contributed by atoms with Crippen LogP contribution in [0.3, 0.4) is 0 Å². The molecule has 11 heavy (non-hydrogen) atoms. The van der Waals surface area contributed by atoms with Crippen LogP contribution >= 0.6 is 0 Å². The molecular formula is C8H10O2S. The fraction of sp³-hybridized carbons (Fsp3) is 0.250. The van der Waals surface area contributed by atoms with E-state index >= 15 is 0 Å². The van der Waals surface area contributed by atoms with Gasteiger partial charge in [0.1, 0.15) is 0 Å². The molecule has 0 amide bonds. The van der Waals surface area contributed by atoms with Crippen molar-refractivity contribution in [1.82, 2.24) is 0 Å². The SMILES string of the molecule is CCc1ccc(S(=O)O)cc1. The van der Waals surface area contributed by atoms with Crippen molar-refractivity contribution >= 4 is 11.1 Å². The van der Waals surface area contributed by atoms with E-state index in [1.54, 1.807) is 12.1 Å². The topological polar surface area (TPSA) is 37.3 Å². The highest BCUT2D eigenvalue weighted by Gasteiger charge is 1.97. The summed E-state index contributed by atoms with van der Waals surface area (Å²) < 4.78 is 19.2. The predicted molar refractivity (Wildman–Crippen MR) is 44.9 cm³/mol. The molecule has 3 heteroatoms. The molecule has 0 saturated heterocycles. The second kappa shape index (κ2) is 3.64. The summed E-state index contributed by atoms with van der Waals surface area (Å²) in [6, 6.07) is 7.08. The van der Waals surface area contributed by atoms with Gasteiger partial charge in [0, 0.05) is 0 Å². The third-order valence-corrected chi connectivity index (χ3v) is 2.21. The average Bonchev–Trinajstić information content (AvgIpc) is 2.05. The summed E-state index contributed by atoms with van der Waals surface area (Å²) in [5.41, 5.74) is 1.18. The first-order valence-corrected chi connectivity index (χ1v) is 4.54. The molecule has 0 radical (unpaired) electrons. The van der Waals surface area contributed by atoms with Crippen LogP contribution in [-0.2, 0) is 17.5 Å². The van der Waals surface area contributed by atoms with Gasteiger partial charge in [0.2, 0.25) is 0 Å². The standard InChI is InChI=1S/C8H10O2S/c1-2-7-3-5-8(6-4-7)11(9)10/h3-6H,2H2,1H3,(H,9,10). The second-order valence-corrected chi connectivity index (χ2v) is 3.22. The molecule has 0 heterocycles. The van der Waals surface area contributed by atoms with Crippen LogP contribution in [0, 0.1) is 0 Å². The summed E-state index contributed by atoms with van der Waals surface area (Å²) in [7, 11) is 0. The molecule has 1 unspecified atom stereocenters. The van der Waals surface area contributed by atoms with Gasteiger partial charge in [0.25, 0.3) is 0 Å². The van der Waals surface area contributed by atoms with E-state index in [9.17, 15) is 4.21 Å². The fourth-order valence-corrected chi connectivity index (χ4v) is 1.21. The van der Waals surface area contributed by atoms with Crippen LogP contribution in [0.1, 0.15) is 12.5 Å². The first-order chi connectivity index (χ1) is 5.24. The molecule has 0 saturated carbocycles. The van der Waals surface area contributed by atoms with E-state index in [0.29, 0.717) is 4.90 Å². The summed E-state index contributed by atoms with van der Waals surface area (Å²) in [6.45, 7) is 2.05. The monoisotopic (exact) mass is 170 g/mol. The molecule has 0 aliphatic rings. The Morgan fingerprint density at radius 3 is 2.27 bits per heavy atom. The Bertz CT molecular complexity index is 253. The molecule has 0 spiro atoms. The molecule has 1 rings (SSSR count). The van der Waals surface area contributed by atoms with Gasteiger partial charge in [-0.1, -0.05) is 19.1 Å². The predicted octanol–water partition coefficient (Wildman–Crippen LogP) is 1.83. The molecule has 0 aromatic heterocycles. The van der Waals surface area contributed by atoms with E-state index in [4.69, 9.17) is 4.55 Å². The molecule has 0 fully saturated rings. The van der Waals surface area contributed by atoms with Gasteiger partial charge >= 0.3 is 0 Å². The van der Waals surface area contributed by atoms with Gasteiger partial charge in [-0.25, -0.2) is 4.21 Å². The van der Waals surface area contributed by atoms with Gasteiger partial charge < -0.3 is 4.55 Å². The van der Waals surface area contributed by atoms with Gasteiger partial charge in [0.05, 0.1) is 4.90 Å². The van der Waals surface area contributed by atoms with Crippen LogP contribution in [0.25, 0.3) is 0 Å². The molecule has 0 aliphatic carbocycles. The van der Waals surface area contributed by atoms with Crippen molar-refractivity contribution in [1.29, 1.82) is 0 Å². The summed E-state index contributed by atoms with van der Waals surface area (Å²) in [5.74, 6) is 0.